The number of hydrogen-bond donors (Lipinski definition) is 1. The van der Waals surface area contributed by atoms with Gasteiger partial charge >= 0.3 is 0 Å². The van der Waals surface area contributed by atoms with Gasteiger partial charge in [0.15, 0.2) is 5.58 Å². The minimum atomic E-state index is -0.703. The summed E-state index contributed by atoms with van der Waals surface area (Å²) >= 11 is 1.50. The van der Waals surface area contributed by atoms with Crippen LogP contribution in [0.4, 0.5) is 8.78 Å². The zero-order valence-corrected chi connectivity index (χ0v) is 14.9. The van der Waals surface area contributed by atoms with Gasteiger partial charge < -0.3 is 9.84 Å². The Kier molecular flexibility index (Phi) is 4.41. The molecule has 0 spiro atoms. The molecule has 0 fully saturated rings. The summed E-state index contributed by atoms with van der Waals surface area (Å²) in [6.45, 7) is 1.84. The van der Waals surface area contributed by atoms with Crippen molar-refractivity contribution >= 4 is 28.2 Å². The number of hydrogen-bond acceptors (Lipinski definition) is 5. The zero-order chi connectivity index (χ0) is 19.0. The van der Waals surface area contributed by atoms with Gasteiger partial charge in [-0.3, -0.25) is 4.79 Å². The Morgan fingerprint density at radius 1 is 1.22 bits per heavy atom. The first-order valence-corrected chi connectivity index (χ1v) is 8.93. The number of nitrogens with zero attached hydrogens (tertiary/aromatic N) is 2. The minimum Gasteiger partial charge on any atom is -0.356 e. The maximum Gasteiger partial charge on any atom is 0.251 e. The standard InChI is InChI=1S/C19H13F2N3O2S/c1-10-23-16(9-27-10)18-14-6-11(3-5-17(14)26-24-18)19(25)22-8-12-2-4-13(20)7-15(12)21/h2-7,9H,8H2,1H3,(H,22,25). The third-order valence-electron chi connectivity index (χ3n) is 4.05. The lowest BCUT2D eigenvalue weighted by atomic mass is 10.1. The molecule has 2 heterocycles. The van der Waals surface area contributed by atoms with E-state index in [1.807, 2.05) is 12.3 Å². The van der Waals surface area contributed by atoms with Gasteiger partial charge in [0.2, 0.25) is 0 Å². The highest BCUT2D eigenvalue weighted by atomic mass is 32.1. The molecule has 8 heteroatoms. The number of aromatic nitrogens is 2. The molecule has 4 aromatic rings. The molecule has 136 valence electrons. The van der Waals surface area contributed by atoms with Gasteiger partial charge in [-0.2, -0.15) is 0 Å². The Bertz CT molecular complexity index is 1150. The molecule has 5 nitrogen and oxygen atoms in total. The first-order valence-electron chi connectivity index (χ1n) is 8.05. The van der Waals surface area contributed by atoms with Crippen molar-refractivity contribution in [3.8, 4) is 11.4 Å². The van der Waals surface area contributed by atoms with Gasteiger partial charge in [0.05, 0.1) is 10.4 Å². The maximum atomic E-state index is 13.7. The van der Waals surface area contributed by atoms with Crippen molar-refractivity contribution < 1.29 is 18.1 Å². The van der Waals surface area contributed by atoms with Crippen LogP contribution in [0.25, 0.3) is 22.4 Å². The van der Waals surface area contributed by atoms with E-state index in [9.17, 15) is 13.6 Å². The second-order valence-electron chi connectivity index (χ2n) is 5.91. The first-order chi connectivity index (χ1) is 13.0. The Balaban J connectivity index is 1.58. The van der Waals surface area contributed by atoms with Gasteiger partial charge in [0.25, 0.3) is 5.91 Å². The molecular formula is C19H13F2N3O2S. The molecule has 4 rings (SSSR count). The molecular weight excluding hydrogens is 372 g/mol. The van der Waals surface area contributed by atoms with Crippen LogP contribution in [0.15, 0.2) is 46.3 Å². The molecule has 0 aliphatic rings. The van der Waals surface area contributed by atoms with Gasteiger partial charge in [-0.25, -0.2) is 13.8 Å². The number of halogens is 2. The molecule has 0 aliphatic carbocycles. The fourth-order valence-electron chi connectivity index (χ4n) is 2.68. The molecule has 2 aromatic carbocycles. The van der Waals surface area contributed by atoms with Gasteiger partial charge in [-0.05, 0) is 31.2 Å². The van der Waals surface area contributed by atoms with E-state index in [-0.39, 0.29) is 18.0 Å². The summed E-state index contributed by atoms with van der Waals surface area (Å²) in [4.78, 5) is 16.8. The Hall–Kier alpha value is -3.13. The lowest BCUT2D eigenvalue weighted by molar-refractivity contribution is 0.0950. The van der Waals surface area contributed by atoms with Crippen LogP contribution in [0.3, 0.4) is 0 Å². The van der Waals surface area contributed by atoms with Crippen molar-refractivity contribution in [2.75, 3.05) is 0 Å². The molecule has 0 aliphatic heterocycles. The number of fused-ring (bicyclic) bond motifs is 1. The highest BCUT2D eigenvalue weighted by Gasteiger charge is 2.16. The van der Waals surface area contributed by atoms with Crippen LogP contribution in [-0.2, 0) is 6.54 Å². The molecule has 1 N–H and O–H groups in total. The fraction of sp³-hybridized carbons (Fsp3) is 0.105. The third kappa shape index (κ3) is 3.43. The number of carbonyl (C=O) groups is 1. The summed E-state index contributed by atoms with van der Waals surface area (Å²) in [5, 5.41) is 10.1. The van der Waals surface area contributed by atoms with Crippen molar-refractivity contribution in [1.29, 1.82) is 0 Å². The zero-order valence-electron chi connectivity index (χ0n) is 14.1. The highest BCUT2D eigenvalue weighted by molar-refractivity contribution is 7.09. The van der Waals surface area contributed by atoms with Crippen LogP contribution >= 0.6 is 11.3 Å². The average molecular weight is 385 g/mol. The van der Waals surface area contributed by atoms with E-state index in [1.165, 1.54) is 17.4 Å². The highest BCUT2D eigenvalue weighted by Crippen LogP contribution is 2.29. The van der Waals surface area contributed by atoms with E-state index in [1.54, 1.807) is 18.2 Å². The van der Waals surface area contributed by atoms with Crippen LogP contribution in [0, 0.1) is 18.6 Å². The lowest BCUT2D eigenvalue weighted by Crippen LogP contribution is -2.23. The second-order valence-corrected chi connectivity index (χ2v) is 6.97. The van der Waals surface area contributed by atoms with Crippen LogP contribution in [0.2, 0.25) is 0 Å². The smallest absolute Gasteiger partial charge is 0.251 e. The topological polar surface area (TPSA) is 68.0 Å². The number of thiazole rings is 1. The Morgan fingerprint density at radius 3 is 2.81 bits per heavy atom. The second kappa shape index (κ2) is 6.88. The molecule has 2 aromatic heterocycles. The van der Waals surface area contributed by atoms with E-state index in [0.717, 1.165) is 17.1 Å². The molecule has 1 amide bonds. The molecule has 0 saturated carbocycles. The maximum absolute atomic E-state index is 13.7. The average Bonchev–Trinajstić information content (AvgIpc) is 3.26. The molecule has 0 radical (unpaired) electrons. The summed E-state index contributed by atoms with van der Waals surface area (Å²) in [6, 6.07) is 8.14. The van der Waals surface area contributed by atoms with Crippen molar-refractivity contribution in [2.24, 2.45) is 0 Å². The van der Waals surface area contributed by atoms with E-state index in [4.69, 9.17) is 4.52 Å². The Morgan fingerprint density at radius 2 is 2.07 bits per heavy atom. The summed E-state index contributed by atoms with van der Waals surface area (Å²) in [5.74, 6) is -1.75. The van der Waals surface area contributed by atoms with Crippen molar-refractivity contribution in [2.45, 2.75) is 13.5 Å². The predicted molar refractivity (Wildman–Crippen MR) is 97.4 cm³/mol. The summed E-state index contributed by atoms with van der Waals surface area (Å²) < 4.78 is 32.0. The lowest BCUT2D eigenvalue weighted by Gasteiger charge is -2.06. The summed E-state index contributed by atoms with van der Waals surface area (Å²) in [5.41, 5.74) is 2.36. The van der Waals surface area contributed by atoms with Crippen LogP contribution in [-0.4, -0.2) is 16.0 Å². The van der Waals surface area contributed by atoms with Crippen LogP contribution in [0.1, 0.15) is 20.9 Å². The van der Waals surface area contributed by atoms with Crippen molar-refractivity contribution in [1.82, 2.24) is 15.5 Å². The van der Waals surface area contributed by atoms with E-state index in [2.05, 4.69) is 15.5 Å². The quantitative estimate of drug-likeness (QED) is 0.563. The normalized spacial score (nSPS) is 11.1. The SMILES string of the molecule is Cc1nc(-c2noc3ccc(C(=O)NCc4ccc(F)cc4F)cc23)cs1. The largest absolute Gasteiger partial charge is 0.356 e. The van der Waals surface area contributed by atoms with Crippen molar-refractivity contribution in [3.05, 3.63) is 69.5 Å². The number of aryl methyl sites for hydroxylation is 1. The third-order valence-corrected chi connectivity index (χ3v) is 4.82. The number of carbonyl (C=O) groups excluding carboxylic acids is 1. The van der Waals surface area contributed by atoms with Gasteiger partial charge in [-0.1, -0.05) is 11.2 Å². The number of rotatable bonds is 4. The van der Waals surface area contributed by atoms with Gasteiger partial charge in [0, 0.05) is 29.1 Å². The molecule has 0 unspecified atom stereocenters. The fourth-order valence-corrected chi connectivity index (χ4v) is 3.28. The minimum absolute atomic E-state index is 0.0508. The molecule has 27 heavy (non-hydrogen) atoms. The van der Waals surface area contributed by atoms with E-state index < -0.39 is 11.6 Å². The summed E-state index contributed by atoms with van der Waals surface area (Å²) in [6.07, 6.45) is 0. The Labute approximate surface area is 156 Å². The number of nitrogens with one attached hydrogen (secondary N) is 1. The van der Waals surface area contributed by atoms with Crippen molar-refractivity contribution in [3.63, 3.8) is 0 Å². The molecule has 0 saturated heterocycles. The number of amides is 1. The molecule has 0 bridgehead atoms. The predicted octanol–water partition coefficient (Wildman–Crippen LogP) is 4.47. The van der Waals surface area contributed by atoms with E-state index in [0.29, 0.717) is 27.9 Å². The first kappa shape index (κ1) is 17.3. The van der Waals surface area contributed by atoms with E-state index >= 15 is 0 Å². The number of benzene rings is 2. The van der Waals surface area contributed by atoms with Gasteiger partial charge in [-0.15, -0.1) is 11.3 Å². The summed E-state index contributed by atoms with van der Waals surface area (Å²) in [7, 11) is 0. The monoisotopic (exact) mass is 385 g/mol. The van der Waals surface area contributed by atoms with Gasteiger partial charge in [0.1, 0.15) is 23.0 Å². The van der Waals surface area contributed by atoms with Crippen LogP contribution in [0.5, 0.6) is 0 Å². The molecule has 0 atom stereocenters. The van der Waals surface area contributed by atoms with Crippen LogP contribution < -0.4 is 5.32 Å².